The SMILES string of the molecule is Cn1c(=O)cc(C(=O)N2CCC3(CC2)COC(=O)O3)c2ccccc21. The van der Waals surface area contributed by atoms with Crippen LogP contribution >= 0.6 is 0 Å². The molecule has 0 bridgehead atoms. The summed E-state index contributed by atoms with van der Waals surface area (Å²) < 4.78 is 11.7. The molecule has 1 aromatic carbocycles. The zero-order chi connectivity index (χ0) is 17.6. The number of piperidine rings is 1. The van der Waals surface area contributed by atoms with Crippen molar-refractivity contribution in [3.63, 3.8) is 0 Å². The maximum absolute atomic E-state index is 13.0. The number of aryl methyl sites for hydroxylation is 1. The molecule has 0 saturated carbocycles. The van der Waals surface area contributed by atoms with Crippen molar-refractivity contribution in [2.45, 2.75) is 18.4 Å². The van der Waals surface area contributed by atoms with Crippen molar-refractivity contribution in [2.24, 2.45) is 7.05 Å². The molecule has 0 aliphatic carbocycles. The summed E-state index contributed by atoms with van der Waals surface area (Å²) in [7, 11) is 1.69. The monoisotopic (exact) mass is 342 g/mol. The molecule has 130 valence electrons. The van der Waals surface area contributed by atoms with Crippen LogP contribution in [0.15, 0.2) is 35.1 Å². The molecule has 0 radical (unpaired) electrons. The average Bonchev–Trinajstić information content (AvgIpc) is 2.98. The zero-order valence-electron chi connectivity index (χ0n) is 13.9. The van der Waals surface area contributed by atoms with Gasteiger partial charge in [-0.2, -0.15) is 0 Å². The molecule has 7 heteroatoms. The second-order valence-electron chi connectivity index (χ2n) is 6.59. The Labute approximate surface area is 143 Å². The summed E-state index contributed by atoms with van der Waals surface area (Å²) in [5.74, 6) is -0.172. The highest BCUT2D eigenvalue weighted by molar-refractivity contribution is 6.06. The second kappa shape index (κ2) is 5.61. The summed E-state index contributed by atoms with van der Waals surface area (Å²) in [6.07, 6.45) is 0.429. The van der Waals surface area contributed by atoms with Crippen LogP contribution < -0.4 is 5.56 Å². The van der Waals surface area contributed by atoms with Crippen LogP contribution in [-0.4, -0.2) is 46.8 Å². The Bertz CT molecular complexity index is 925. The fourth-order valence-electron chi connectivity index (χ4n) is 3.55. The lowest BCUT2D eigenvalue weighted by molar-refractivity contribution is 0.00287. The number of rotatable bonds is 1. The number of aromatic nitrogens is 1. The van der Waals surface area contributed by atoms with E-state index in [1.54, 1.807) is 11.9 Å². The highest BCUT2D eigenvalue weighted by Crippen LogP contribution is 2.32. The molecule has 1 aromatic heterocycles. The number of hydrogen-bond acceptors (Lipinski definition) is 5. The minimum atomic E-state index is -0.641. The van der Waals surface area contributed by atoms with Gasteiger partial charge in [0.1, 0.15) is 6.61 Å². The van der Waals surface area contributed by atoms with E-state index >= 15 is 0 Å². The van der Waals surface area contributed by atoms with Gasteiger partial charge in [0.05, 0.1) is 11.1 Å². The van der Waals surface area contributed by atoms with E-state index in [1.165, 1.54) is 10.6 Å². The maximum atomic E-state index is 13.0. The normalized spacial score (nSPS) is 19.1. The lowest BCUT2D eigenvalue weighted by atomic mass is 9.92. The molecular formula is C18H18N2O5. The first-order chi connectivity index (χ1) is 12.0. The summed E-state index contributed by atoms with van der Waals surface area (Å²) in [6, 6.07) is 8.76. The first-order valence-electron chi connectivity index (χ1n) is 8.23. The van der Waals surface area contributed by atoms with Gasteiger partial charge in [-0.25, -0.2) is 4.79 Å². The topological polar surface area (TPSA) is 77.8 Å². The van der Waals surface area contributed by atoms with Gasteiger partial charge in [0.25, 0.3) is 11.5 Å². The fourth-order valence-corrected chi connectivity index (χ4v) is 3.55. The van der Waals surface area contributed by atoms with E-state index in [0.717, 1.165) is 10.9 Å². The van der Waals surface area contributed by atoms with Crippen molar-refractivity contribution in [3.05, 3.63) is 46.2 Å². The van der Waals surface area contributed by atoms with Crippen LogP contribution in [0.4, 0.5) is 4.79 Å². The van der Waals surface area contributed by atoms with Gasteiger partial charge in [-0.1, -0.05) is 18.2 Å². The predicted octanol–water partition coefficient (Wildman–Crippen LogP) is 1.68. The van der Waals surface area contributed by atoms with Gasteiger partial charge in [0.2, 0.25) is 0 Å². The molecule has 2 fully saturated rings. The third-order valence-corrected chi connectivity index (χ3v) is 5.10. The molecule has 1 spiro atoms. The highest BCUT2D eigenvalue weighted by Gasteiger charge is 2.45. The summed E-state index contributed by atoms with van der Waals surface area (Å²) >= 11 is 0. The number of pyridine rings is 1. The molecule has 1 amide bonds. The number of cyclic esters (lactones) is 1. The zero-order valence-corrected chi connectivity index (χ0v) is 13.9. The number of amides is 1. The number of hydrogen-bond donors (Lipinski definition) is 0. The summed E-state index contributed by atoms with van der Waals surface area (Å²) in [4.78, 5) is 38.1. The predicted molar refractivity (Wildman–Crippen MR) is 89.5 cm³/mol. The number of carbonyl (C=O) groups is 2. The summed E-state index contributed by atoms with van der Waals surface area (Å²) in [5, 5.41) is 0.755. The van der Waals surface area contributed by atoms with Crippen LogP contribution in [0.25, 0.3) is 10.9 Å². The van der Waals surface area contributed by atoms with Gasteiger partial charge >= 0.3 is 6.16 Å². The summed E-state index contributed by atoms with van der Waals surface area (Å²) in [6.45, 7) is 1.15. The molecule has 4 rings (SSSR count). The van der Waals surface area contributed by atoms with E-state index < -0.39 is 11.8 Å². The van der Waals surface area contributed by atoms with Crippen LogP contribution in [0, 0.1) is 0 Å². The minimum absolute atomic E-state index is 0.172. The van der Waals surface area contributed by atoms with E-state index in [4.69, 9.17) is 9.47 Å². The number of carbonyl (C=O) groups excluding carboxylic acids is 2. The largest absolute Gasteiger partial charge is 0.509 e. The van der Waals surface area contributed by atoms with Gasteiger partial charge in [0, 0.05) is 44.4 Å². The molecule has 0 N–H and O–H groups in total. The molecule has 2 aromatic rings. The van der Waals surface area contributed by atoms with Crippen molar-refractivity contribution < 1.29 is 19.1 Å². The van der Waals surface area contributed by atoms with Gasteiger partial charge in [0.15, 0.2) is 5.60 Å². The van der Waals surface area contributed by atoms with Crippen LogP contribution in [0.5, 0.6) is 0 Å². The number of benzene rings is 1. The minimum Gasteiger partial charge on any atom is -0.430 e. The molecule has 2 saturated heterocycles. The Hall–Kier alpha value is -2.83. The first kappa shape index (κ1) is 15.7. The Kier molecular flexibility index (Phi) is 3.52. The van der Waals surface area contributed by atoms with E-state index in [1.807, 2.05) is 24.3 Å². The van der Waals surface area contributed by atoms with Gasteiger partial charge in [-0.15, -0.1) is 0 Å². The molecule has 7 nitrogen and oxygen atoms in total. The number of likely N-dealkylation sites (tertiary alicyclic amines) is 1. The lowest BCUT2D eigenvalue weighted by Gasteiger charge is -2.36. The van der Waals surface area contributed by atoms with Crippen molar-refractivity contribution in [1.82, 2.24) is 9.47 Å². The number of nitrogens with zero attached hydrogens (tertiary/aromatic N) is 2. The number of fused-ring (bicyclic) bond motifs is 1. The third-order valence-electron chi connectivity index (χ3n) is 5.10. The molecule has 3 heterocycles. The Morgan fingerprint density at radius 2 is 1.88 bits per heavy atom. The van der Waals surface area contributed by atoms with Crippen LogP contribution in [0.3, 0.4) is 0 Å². The Morgan fingerprint density at radius 1 is 1.16 bits per heavy atom. The smallest absolute Gasteiger partial charge is 0.430 e. The Morgan fingerprint density at radius 3 is 2.56 bits per heavy atom. The van der Waals surface area contributed by atoms with E-state index in [9.17, 15) is 14.4 Å². The molecular weight excluding hydrogens is 324 g/mol. The fraction of sp³-hybridized carbons (Fsp3) is 0.389. The number of ether oxygens (including phenoxy) is 2. The molecule has 0 unspecified atom stereocenters. The number of para-hydroxylation sites is 1. The summed E-state index contributed by atoms with van der Waals surface area (Å²) in [5.41, 5.74) is 0.316. The van der Waals surface area contributed by atoms with Crippen molar-refractivity contribution in [3.8, 4) is 0 Å². The van der Waals surface area contributed by atoms with Crippen molar-refractivity contribution in [1.29, 1.82) is 0 Å². The van der Waals surface area contributed by atoms with Gasteiger partial charge in [-0.05, 0) is 6.07 Å². The van der Waals surface area contributed by atoms with Crippen molar-refractivity contribution >= 4 is 23.0 Å². The first-order valence-corrected chi connectivity index (χ1v) is 8.23. The Balaban J connectivity index is 1.62. The second-order valence-corrected chi connectivity index (χ2v) is 6.59. The lowest BCUT2D eigenvalue weighted by Crippen LogP contribution is -2.48. The quantitative estimate of drug-likeness (QED) is 0.737. The standard InChI is InChI=1S/C18H18N2O5/c1-19-14-5-3-2-4-12(14)13(10-15(19)21)16(22)20-8-6-18(7-9-20)11-24-17(23)25-18/h2-5,10H,6-9,11H2,1H3. The molecule has 25 heavy (non-hydrogen) atoms. The van der Waals surface area contributed by atoms with Crippen LogP contribution in [0.2, 0.25) is 0 Å². The maximum Gasteiger partial charge on any atom is 0.509 e. The van der Waals surface area contributed by atoms with Crippen LogP contribution in [0.1, 0.15) is 23.2 Å². The van der Waals surface area contributed by atoms with E-state index in [-0.39, 0.29) is 18.1 Å². The van der Waals surface area contributed by atoms with E-state index in [0.29, 0.717) is 31.5 Å². The van der Waals surface area contributed by atoms with Gasteiger partial charge in [-0.3, -0.25) is 9.59 Å². The molecule has 2 aliphatic heterocycles. The van der Waals surface area contributed by atoms with Gasteiger partial charge < -0.3 is 18.9 Å². The molecule has 2 aliphatic rings. The van der Waals surface area contributed by atoms with E-state index in [2.05, 4.69) is 0 Å². The van der Waals surface area contributed by atoms with Crippen molar-refractivity contribution in [2.75, 3.05) is 19.7 Å². The third kappa shape index (κ3) is 2.56. The van der Waals surface area contributed by atoms with Crippen LogP contribution in [-0.2, 0) is 16.5 Å². The molecule has 0 atom stereocenters. The average molecular weight is 342 g/mol. The highest BCUT2D eigenvalue weighted by atomic mass is 16.8.